The van der Waals surface area contributed by atoms with Crippen LogP contribution in [-0.2, 0) is 0 Å². The van der Waals surface area contributed by atoms with Gasteiger partial charge in [-0.05, 0) is 39.0 Å². The number of nitrogens with one attached hydrogen (secondary N) is 1. The Kier molecular flexibility index (Phi) is 3.36. The largest absolute Gasteiger partial charge is 0.389 e. The molecule has 2 nitrogen and oxygen atoms in total. The number of rotatable bonds is 5. The second kappa shape index (κ2) is 3.97. The van der Waals surface area contributed by atoms with Gasteiger partial charge in [0.15, 0.2) is 0 Å². The predicted molar refractivity (Wildman–Crippen MR) is 55.8 cm³/mol. The van der Waals surface area contributed by atoms with Gasteiger partial charge in [0, 0.05) is 12.1 Å². The van der Waals surface area contributed by atoms with Crippen molar-refractivity contribution in [1.82, 2.24) is 5.32 Å². The van der Waals surface area contributed by atoms with Crippen molar-refractivity contribution in [3.63, 3.8) is 0 Å². The van der Waals surface area contributed by atoms with Crippen LogP contribution in [0.15, 0.2) is 0 Å². The van der Waals surface area contributed by atoms with Crippen LogP contribution in [0.1, 0.15) is 52.9 Å². The predicted octanol–water partition coefficient (Wildman–Crippen LogP) is 2.07. The molecule has 0 spiro atoms. The normalized spacial score (nSPS) is 24.9. The molecule has 1 rings (SSSR count). The Balaban J connectivity index is 2.32. The second-order valence-electron chi connectivity index (χ2n) is 4.69. The minimum atomic E-state index is -0.530. The molecule has 1 atom stereocenters. The van der Waals surface area contributed by atoms with E-state index in [9.17, 15) is 5.11 Å². The molecule has 1 unspecified atom stereocenters. The lowest BCUT2D eigenvalue weighted by Crippen LogP contribution is -2.54. The van der Waals surface area contributed by atoms with Crippen LogP contribution in [0.4, 0.5) is 0 Å². The molecule has 0 heterocycles. The fourth-order valence-corrected chi connectivity index (χ4v) is 1.76. The van der Waals surface area contributed by atoms with Crippen molar-refractivity contribution in [2.24, 2.45) is 0 Å². The summed E-state index contributed by atoms with van der Waals surface area (Å²) in [5.74, 6) is 0. The van der Waals surface area contributed by atoms with Crippen LogP contribution in [-0.4, -0.2) is 22.8 Å². The average Bonchev–Trinajstić information content (AvgIpc) is 2.03. The van der Waals surface area contributed by atoms with E-state index >= 15 is 0 Å². The van der Waals surface area contributed by atoms with E-state index in [0.29, 0.717) is 5.54 Å². The molecule has 1 aliphatic rings. The van der Waals surface area contributed by atoms with E-state index in [1.807, 2.05) is 13.8 Å². The molecule has 0 amide bonds. The van der Waals surface area contributed by atoms with Gasteiger partial charge in [-0.3, -0.25) is 0 Å². The molecule has 0 radical (unpaired) electrons. The fourth-order valence-electron chi connectivity index (χ4n) is 1.76. The molecule has 1 aliphatic carbocycles. The van der Waals surface area contributed by atoms with Crippen LogP contribution in [0.5, 0.6) is 0 Å². The number of hydrogen-bond donors (Lipinski definition) is 2. The highest BCUT2D eigenvalue weighted by molar-refractivity contribution is 4.96. The van der Waals surface area contributed by atoms with Gasteiger partial charge in [0.1, 0.15) is 0 Å². The molecule has 1 saturated carbocycles. The van der Waals surface area contributed by atoms with Crippen molar-refractivity contribution in [1.29, 1.82) is 0 Å². The van der Waals surface area contributed by atoms with Gasteiger partial charge in [-0.25, -0.2) is 0 Å². The highest BCUT2D eigenvalue weighted by Crippen LogP contribution is 2.34. The van der Waals surface area contributed by atoms with Gasteiger partial charge >= 0.3 is 0 Å². The Morgan fingerprint density at radius 1 is 1.38 bits per heavy atom. The van der Waals surface area contributed by atoms with E-state index < -0.39 is 5.60 Å². The van der Waals surface area contributed by atoms with E-state index in [2.05, 4.69) is 12.2 Å². The summed E-state index contributed by atoms with van der Waals surface area (Å²) < 4.78 is 0. The summed E-state index contributed by atoms with van der Waals surface area (Å²) in [4.78, 5) is 0. The lowest BCUT2D eigenvalue weighted by atomic mass is 9.74. The summed E-state index contributed by atoms with van der Waals surface area (Å²) in [6.45, 7) is 6.90. The van der Waals surface area contributed by atoms with Crippen LogP contribution < -0.4 is 5.32 Å². The first-order valence-corrected chi connectivity index (χ1v) is 5.51. The molecule has 78 valence electrons. The first kappa shape index (κ1) is 11.0. The topological polar surface area (TPSA) is 32.3 Å². The highest BCUT2D eigenvalue weighted by Gasteiger charge is 2.35. The summed E-state index contributed by atoms with van der Waals surface area (Å²) in [5, 5.41) is 13.4. The van der Waals surface area contributed by atoms with E-state index in [0.717, 1.165) is 13.0 Å². The average molecular weight is 185 g/mol. The van der Waals surface area contributed by atoms with Crippen molar-refractivity contribution in [2.75, 3.05) is 6.54 Å². The molecule has 0 aromatic heterocycles. The van der Waals surface area contributed by atoms with Gasteiger partial charge in [0.25, 0.3) is 0 Å². The monoisotopic (exact) mass is 185 g/mol. The lowest BCUT2D eigenvalue weighted by Gasteiger charge is -2.44. The standard InChI is InChI=1S/C11H23NO/c1-4-10(3,13)9-12-11(5-2)7-6-8-11/h12-13H,4-9H2,1-3H3. The summed E-state index contributed by atoms with van der Waals surface area (Å²) in [6, 6.07) is 0. The Bertz CT molecular complexity index is 156. The third-order valence-corrected chi connectivity index (χ3v) is 3.59. The molecule has 0 aromatic carbocycles. The van der Waals surface area contributed by atoms with E-state index in [1.54, 1.807) is 0 Å². The smallest absolute Gasteiger partial charge is 0.0741 e. The SMILES string of the molecule is CCC(C)(O)CNC1(CC)CCC1. The van der Waals surface area contributed by atoms with Crippen molar-refractivity contribution >= 4 is 0 Å². The first-order chi connectivity index (χ1) is 6.04. The van der Waals surface area contributed by atoms with E-state index in [-0.39, 0.29) is 0 Å². The molecule has 0 aromatic rings. The van der Waals surface area contributed by atoms with Gasteiger partial charge in [-0.15, -0.1) is 0 Å². The van der Waals surface area contributed by atoms with Crippen LogP contribution in [0.25, 0.3) is 0 Å². The Hall–Kier alpha value is -0.0800. The molecule has 2 N–H and O–H groups in total. The lowest BCUT2D eigenvalue weighted by molar-refractivity contribution is 0.0351. The van der Waals surface area contributed by atoms with Crippen LogP contribution in [0.2, 0.25) is 0 Å². The van der Waals surface area contributed by atoms with E-state index in [4.69, 9.17) is 0 Å². The number of β-amino-alcohol motifs (C(OH)–C–C–N with tert-alkyl or cyclic N) is 1. The molecule has 0 bridgehead atoms. The highest BCUT2D eigenvalue weighted by atomic mass is 16.3. The fraction of sp³-hybridized carbons (Fsp3) is 1.00. The zero-order valence-electron chi connectivity index (χ0n) is 9.19. The Labute approximate surface area is 81.7 Å². The van der Waals surface area contributed by atoms with Crippen molar-refractivity contribution in [2.45, 2.75) is 64.0 Å². The molecule has 0 aliphatic heterocycles. The van der Waals surface area contributed by atoms with Gasteiger partial charge < -0.3 is 10.4 Å². The van der Waals surface area contributed by atoms with Gasteiger partial charge in [-0.2, -0.15) is 0 Å². The summed E-state index contributed by atoms with van der Waals surface area (Å²) >= 11 is 0. The minimum absolute atomic E-state index is 0.360. The van der Waals surface area contributed by atoms with Crippen molar-refractivity contribution in [3.05, 3.63) is 0 Å². The molecule has 0 saturated heterocycles. The van der Waals surface area contributed by atoms with Crippen LogP contribution in [0.3, 0.4) is 0 Å². The second-order valence-corrected chi connectivity index (χ2v) is 4.69. The Morgan fingerprint density at radius 2 is 2.00 bits per heavy atom. The third kappa shape index (κ3) is 2.68. The van der Waals surface area contributed by atoms with Crippen molar-refractivity contribution in [3.8, 4) is 0 Å². The zero-order valence-corrected chi connectivity index (χ0v) is 9.19. The van der Waals surface area contributed by atoms with Crippen molar-refractivity contribution < 1.29 is 5.11 Å². The maximum Gasteiger partial charge on any atom is 0.0741 e. The maximum atomic E-state index is 9.84. The van der Waals surface area contributed by atoms with Gasteiger partial charge in [0.2, 0.25) is 0 Å². The van der Waals surface area contributed by atoms with E-state index in [1.165, 1.54) is 25.7 Å². The molecule has 1 fully saturated rings. The molecular formula is C11H23NO. The summed E-state index contributed by atoms with van der Waals surface area (Å²) in [5.41, 5.74) is -0.170. The van der Waals surface area contributed by atoms with Gasteiger partial charge in [0.05, 0.1) is 5.60 Å². The molecule has 2 heteroatoms. The number of aliphatic hydroxyl groups is 1. The minimum Gasteiger partial charge on any atom is -0.389 e. The number of hydrogen-bond acceptors (Lipinski definition) is 2. The van der Waals surface area contributed by atoms with Crippen LogP contribution >= 0.6 is 0 Å². The third-order valence-electron chi connectivity index (χ3n) is 3.59. The quantitative estimate of drug-likeness (QED) is 0.687. The first-order valence-electron chi connectivity index (χ1n) is 5.51. The van der Waals surface area contributed by atoms with Crippen LogP contribution in [0, 0.1) is 0 Å². The van der Waals surface area contributed by atoms with Gasteiger partial charge in [-0.1, -0.05) is 13.8 Å². The summed E-state index contributed by atoms with van der Waals surface area (Å²) in [6.07, 6.45) is 5.91. The maximum absolute atomic E-state index is 9.84. The summed E-state index contributed by atoms with van der Waals surface area (Å²) in [7, 11) is 0. The Morgan fingerprint density at radius 3 is 2.31 bits per heavy atom. The molecule has 13 heavy (non-hydrogen) atoms. The zero-order chi connectivity index (χ0) is 9.95. The molecular weight excluding hydrogens is 162 g/mol.